The van der Waals surface area contributed by atoms with E-state index in [1.807, 2.05) is 63.2 Å². The lowest BCUT2D eigenvalue weighted by molar-refractivity contribution is -0.124. The Hall–Kier alpha value is -2.37. The highest BCUT2D eigenvalue weighted by molar-refractivity contribution is 5.97. The van der Waals surface area contributed by atoms with E-state index in [4.69, 9.17) is 5.73 Å². The molecular formula is C21H28ClN3O2. The number of carbonyl (C=O) groups is 2. The molecule has 0 aliphatic carbocycles. The van der Waals surface area contributed by atoms with Gasteiger partial charge in [-0.25, -0.2) is 0 Å². The fraction of sp³-hybridized carbons (Fsp3) is 0.333. The number of hydrogen-bond donors (Lipinski definition) is 3. The van der Waals surface area contributed by atoms with Crippen LogP contribution < -0.4 is 16.4 Å². The molecule has 0 spiro atoms. The number of amides is 2. The second kappa shape index (κ2) is 10.7. The Kier molecular flexibility index (Phi) is 8.98. The van der Waals surface area contributed by atoms with E-state index in [2.05, 4.69) is 10.6 Å². The molecule has 0 aliphatic rings. The Labute approximate surface area is 167 Å². The summed E-state index contributed by atoms with van der Waals surface area (Å²) in [5.41, 5.74) is 8.70. The molecule has 0 aromatic heterocycles. The van der Waals surface area contributed by atoms with Crippen LogP contribution in [-0.4, -0.2) is 24.4 Å². The molecule has 4 N–H and O–H groups in total. The highest BCUT2D eigenvalue weighted by Gasteiger charge is 2.25. The Morgan fingerprint density at radius 2 is 1.59 bits per heavy atom. The van der Waals surface area contributed by atoms with E-state index >= 15 is 0 Å². The van der Waals surface area contributed by atoms with Gasteiger partial charge in [0.25, 0.3) is 5.91 Å². The number of nitrogens with two attached hydrogens (primary N) is 1. The number of rotatable bonds is 7. The first kappa shape index (κ1) is 22.7. The van der Waals surface area contributed by atoms with Gasteiger partial charge in [-0.15, -0.1) is 12.4 Å². The van der Waals surface area contributed by atoms with Crippen LogP contribution in [0.4, 0.5) is 0 Å². The quantitative estimate of drug-likeness (QED) is 0.680. The predicted octanol–water partition coefficient (Wildman–Crippen LogP) is 2.99. The topological polar surface area (TPSA) is 84.2 Å². The van der Waals surface area contributed by atoms with Crippen molar-refractivity contribution < 1.29 is 9.59 Å². The van der Waals surface area contributed by atoms with Crippen molar-refractivity contribution in [3.05, 3.63) is 71.3 Å². The van der Waals surface area contributed by atoms with E-state index in [-0.39, 0.29) is 36.2 Å². The molecule has 0 saturated heterocycles. The smallest absolute Gasteiger partial charge is 0.251 e. The predicted molar refractivity (Wildman–Crippen MR) is 111 cm³/mol. The highest BCUT2D eigenvalue weighted by atomic mass is 35.5. The molecule has 0 aliphatic heterocycles. The lowest BCUT2D eigenvalue weighted by Gasteiger charge is -2.23. The summed E-state index contributed by atoms with van der Waals surface area (Å²) in [6, 6.07) is 15.9. The van der Waals surface area contributed by atoms with E-state index in [1.54, 1.807) is 12.1 Å². The third-order valence-corrected chi connectivity index (χ3v) is 4.27. The molecule has 2 atom stereocenters. The summed E-state index contributed by atoms with van der Waals surface area (Å²) in [5, 5.41) is 5.67. The van der Waals surface area contributed by atoms with Crippen molar-refractivity contribution in [2.24, 2.45) is 11.7 Å². The fourth-order valence-electron chi connectivity index (χ4n) is 2.60. The minimum Gasteiger partial charge on any atom is -0.352 e. The van der Waals surface area contributed by atoms with E-state index in [0.717, 1.165) is 11.1 Å². The van der Waals surface area contributed by atoms with Gasteiger partial charge in [-0.2, -0.15) is 0 Å². The molecule has 2 amide bonds. The van der Waals surface area contributed by atoms with Gasteiger partial charge in [-0.3, -0.25) is 9.59 Å². The van der Waals surface area contributed by atoms with E-state index < -0.39 is 6.04 Å². The van der Waals surface area contributed by atoms with Crippen LogP contribution >= 0.6 is 12.4 Å². The van der Waals surface area contributed by atoms with Gasteiger partial charge in [0.1, 0.15) is 6.04 Å². The zero-order chi connectivity index (χ0) is 19.1. The maximum absolute atomic E-state index is 12.6. The summed E-state index contributed by atoms with van der Waals surface area (Å²) in [5.74, 6) is -0.532. The molecule has 2 aromatic rings. The molecule has 2 unspecified atom stereocenters. The minimum atomic E-state index is -0.619. The van der Waals surface area contributed by atoms with Crippen LogP contribution in [0.15, 0.2) is 54.6 Å². The van der Waals surface area contributed by atoms with Crippen LogP contribution in [0.25, 0.3) is 0 Å². The molecule has 2 rings (SSSR count). The number of halogens is 1. The van der Waals surface area contributed by atoms with Crippen molar-refractivity contribution >= 4 is 24.2 Å². The van der Waals surface area contributed by atoms with E-state index in [1.165, 1.54) is 0 Å². The molecule has 6 heteroatoms. The fourth-order valence-corrected chi connectivity index (χ4v) is 2.60. The second-order valence-corrected chi connectivity index (χ2v) is 6.82. The molecule has 146 valence electrons. The monoisotopic (exact) mass is 389 g/mol. The maximum atomic E-state index is 12.6. The Bertz CT molecular complexity index is 733. The number of aryl methyl sites for hydroxylation is 1. The molecule has 0 saturated carbocycles. The van der Waals surface area contributed by atoms with Gasteiger partial charge < -0.3 is 16.4 Å². The van der Waals surface area contributed by atoms with Crippen LogP contribution in [0, 0.1) is 12.8 Å². The SMILES string of the molecule is Cc1ccc(C(=O)NC(C(=O)NCC(N)c2ccccc2)C(C)C)cc1.Cl. The number of hydrogen-bond acceptors (Lipinski definition) is 3. The summed E-state index contributed by atoms with van der Waals surface area (Å²) in [6.07, 6.45) is 0. The van der Waals surface area contributed by atoms with Crippen molar-refractivity contribution in [3.8, 4) is 0 Å². The summed E-state index contributed by atoms with van der Waals surface area (Å²) < 4.78 is 0. The molecule has 0 radical (unpaired) electrons. The van der Waals surface area contributed by atoms with Gasteiger partial charge in [0, 0.05) is 18.2 Å². The lowest BCUT2D eigenvalue weighted by Crippen LogP contribution is -2.50. The Balaban J connectivity index is 0.00000364. The normalized spacial score (nSPS) is 12.6. The second-order valence-electron chi connectivity index (χ2n) is 6.82. The van der Waals surface area contributed by atoms with Crippen LogP contribution in [-0.2, 0) is 4.79 Å². The van der Waals surface area contributed by atoms with Gasteiger partial charge in [-0.1, -0.05) is 61.9 Å². The number of benzene rings is 2. The van der Waals surface area contributed by atoms with Gasteiger partial charge in [0.2, 0.25) is 5.91 Å². The zero-order valence-electron chi connectivity index (χ0n) is 15.9. The molecule has 0 bridgehead atoms. The third kappa shape index (κ3) is 6.70. The average Bonchev–Trinajstić information content (AvgIpc) is 2.64. The standard InChI is InChI=1S/C21H27N3O2.ClH/c1-14(2)19(24-20(25)17-11-9-15(3)10-12-17)21(26)23-13-18(22)16-7-5-4-6-8-16;/h4-12,14,18-19H,13,22H2,1-3H3,(H,23,26)(H,24,25);1H. The molecular weight excluding hydrogens is 362 g/mol. The maximum Gasteiger partial charge on any atom is 0.251 e. The summed E-state index contributed by atoms with van der Waals surface area (Å²) >= 11 is 0. The van der Waals surface area contributed by atoms with Gasteiger partial charge in [-0.05, 0) is 30.5 Å². The van der Waals surface area contributed by atoms with Crippen LogP contribution in [0.1, 0.15) is 41.4 Å². The number of nitrogens with one attached hydrogen (secondary N) is 2. The van der Waals surface area contributed by atoms with Crippen LogP contribution in [0.2, 0.25) is 0 Å². The van der Waals surface area contributed by atoms with Crippen LogP contribution in [0.5, 0.6) is 0 Å². The van der Waals surface area contributed by atoms with Crippen molar-refractivity contribution in [2.75, 3.05) is 6.54 Å². The van der Waals surface area contributed by atoms with Crippen molar-refractivity contribution in [2.45, 2.75) is 32.9 Å². The first-order valence-electron chi connectivity index (χ1n) is 8.84. The highest BCUT2D eigenvalue weighted by Crippen LogP contribution is 2.10. The molecule has 0 fully saturated rings. The first-order chi connectivity index (χ1) is 12.4. The third-order valence-electron chi connectivity index (χ3n) is 4.27. The van der Waals surface area contributed by atoms with E-state index in [9.17, 15) is 9.59 Å². The summed E-state index contributed by atoms with van der Waals surface area (Å²) in [7, 11) is 0. The Morgan fingerprint density at radius 1 is 1.00 bits per heavy atom. The van der Waals surface area contributed by atoms with Gasteiger partial charge in [0.05, 0.1) is 0 Å². The summed E-state index contributed by atoms with van der Waals surface area (Å²) in [6.45, 7) is 6.07. The largest absolute Gasteiger partial charge is 0.352 e. The van der Waals surface area contributed by atoms with E-state index in [0.29, 0.717) is 12.1 Å². The average molecular weight is 390 g/mol. The van der Waals surface area contributed by atoms with Crippen molar-refractivity contribution in [1.82, 2.24) is 10.6 Å². The van der Waals surface area contributed by atoms with Crippen molar-refractivity contribution in [1.29, 1.82) is 0 Å². The van der Waals surface area contributed by atoms with Gasteiger partial charge >= 0.3 is 0 Å². The minimum absolute atomic E-state index is 0. The first-order valence-corrected chi connectivity index (χ1v) is 8.84. The zero-order valence-corrected chi connectivity index (χ0v) is 16.8. The van der Waals surface area contributed by atoms with Crippen LogP contribution in [0.3, 0.4) is 0 Å². The summed E-state index contributed by atoms with van der Waals surface area (Å²) in [4.78, 5) is 25.0. The Morgan fingerprint density at radius 3 is 2.15 bits per heavy atom. The van der Waals surface area contributed by atoms with Crippen molar-refractivity contribution in [3.63, 3.8) is 0 Å². The number of carbonyl (C=O) groups excluding carboxylic acids is 2. The molecule has 5 nitrogen and oxygen atoms in total. The van der Waals surface area contributed by atoms with Gasteiger partial charge in [0.15, 0.2) is 0 Å². The lowest BCUT2D eigenvalue weighted by atomic mass is 10.0. The molecule has 2 aromatic carbocycles. The molecule has 27 heavy (non-hydrogen) atoms. The molecule has 0 heterocycles.